The fourth-order valence-electron chi connectivity index (χ4n) is 2.01. The summed E-state index contributed by atoms with van der Waals surface area (Å²) in [5.41, 5.74) is -0.817. The summed E-state index contributed by atoms with van der Waals surface area (Å²) in [6.07, 6.45) is 0.825. The van der Waals surface area contributed by atoms with Crippen LogP contribution in [0.2, 0.25) is 0 Å². The summed E-state index contributed by atoms with van der Waals surface area (Å²) >= 11 is 0. The number of amides is 1. The number of carbonyl (C=O) groups is 2. The van der Waals surface area contributed by atoms with Crippen LogP contribution in [0, 0.1) is 28.8 Å². The molecule has 0 aromatic heterocycles. The highest BCUT2D eigenvalue weighted by Crippen LogP contribution is 2.20. The molecule has 27 heavy (non-hydrogen) atoms. The predicted molar refractivity (Wildman–Crippen MR) is 90.0 cm³/mol. The number of halogens is 3. The van der Waals surface area contributed by atoms with Crippen LogP contribution < -0.4 is 10.6 Å². The molecule has 2 rings (SSSR count). The van der Waals surface area contributed by atoms with E-state index in [2.05, 4.69) is 15.4 Å². The van der Waals surface area contributed by atoms with Crippen LogP contribution in [-0.2, 0) is 9.53 Å². The molecule has 1 amide bonds. The van der Waals surface area contributed by atoms with Gasteiger partial charge in [-0.25, -0.2) is 18.0 Å². The van der Waals surface area contributed by atoms with Crippen molar-refractivity contribution in [2.45, 2.75) is 0 Å². The average molecular weight is 375 g/mol. The van der Waals surface area contributed by atoms with E-state index in [0.29, 0.717) is 6.07 Å². The Morgan fingerprint density at radius 2 is 1.78 bits per heavy atom. The molecule has 0 bridgehead atoms. The van der Waals surface area contributed by atoms with Crippen LogP contribution >= 0.6 is 0 Å². The summed E-state index contributed by atoms with van der Waals surface area (Å²) in [4.78, 5) is 23.9. The Bertz CT molecular complexity index is 968. The minimum Gasteiger partial charge on any atom is -0.465 e. The largest absolute Gasteiger partial charge is 0.465 e. The molecule has 138 valence electrons. The molecule has 0 aliphatic heterocycles. The number of methoxy groups -OCH3 is 1. The molecule has 9 heteroatoms. The zero-order chi connectivity index (χ0) is 20.0. The summed E-state index contributed by atoms with van der Waals surface area (Å²) in [6, 6.07) is 9.10. The zero-order valence-corrected chi connectivity index (χ0v) is 13.8. The molecule has 2 N–H and O–H groups in total. The Morgan fingerprint density at radius 3 is 2.44 bits per heavy atom. The van der Waals surface area contributed by atoms with E-state index in [9.17, 15) is 22.8 Å². The van der Waals surface area contributed by atoms with Crippen LogP contribution in [0.15, 0.2) is 48.2 Å². The number of nitrogens with zero attached hydrogens (tertiary/aromatic N) is 1. The third-order valence-corrected chi connectivity index (χ3v) is 3.35. The smallest absolute Gasteiger partial charge is 0.339 e. The van der Waals surface area contributed by atoms with Gasteiger partial charge in [-0.05, 0) is 24.3 Å². The van der Waals surface area contributed by atoms with Gasteiger partial charge in [0, 0.05) is 6.20 Å². The van der Waals surface area contributed by atoms with Gasteiger partial charge in [-0.15, -0.1) is 0 Å². The van der Waals surface area contributed by atoms with Crippen molar-refractivity contribution in [3.63, 3.8) is 0 Å². The quantitative estimate of drug-likeness (QED) is 0.362. The lowest BCUT2D eigenvalue weighted by Gasteiger charge is -2.09. The number of anilines is 2. The molecule has 2 aromatic rings. The van der Waals surface area contributed by atoms with Crippen molar-refractivity contribution in [1.29, 1.82) is 5.26 Å². The van der Waals surface area contributed by atoms with Gasteiger partial charge in [0.25, 0.3) is 5.91 Å². The van der Waals surface area contributed by atoms with Gasteiger partial charge in [0.2, 0.25) is 0 Å². The van der Waals surface area contributed by atoms with Crippen LogP contribution in [-0.4, -0.2) is 19.0 Å². The van der Waals surface area contributed by atoms with Gasteiger partial charge < -0.3 is 15.4 Å². The van der Waals surface area contributed by atoms with Gasteiger partial charge in [0.1, 0.15) is 11.6 Å². The predicted octanol–water partition coefficient (Wildman–Crippen LogP) is 3.35. The Kier molecular flexibility index (Phi) is 6.17. The first-order valence-corrected chi connectivity index (χ1v) is 7.38. The maximum atomic E-state index is 13.6. The Labute approximate surface area is 151 Å². The molecule has 0 radical (unpaired) electrons. The zero-order valence-electron chi connectivity index (χ0n) is 13.8. The third-order valence-electron chi connectivity index (χ3n) is 3.35. The number of carbonyl (C=O) groups excluding carboxylic acids is 2. The van der Waals surface area contributed by atoms with Crippen molar-refractivity contribution in [2.24, 2.45) is 0 Å². The van der Waals surface area contributed by atoms with E-state index in [0.717, 1.165) is 12.3 Å². The van der Waals surface area contributed by atoms with E-state index in [-0.39, 0.29) is 11.3 Å². The molecular weight excluding hydrogens is 363 g/mol. The second kappa shape index (κ2) is 8.53. The molecule has 0 heterocycles. The van der Waals surface area contributed by atoms with Crippen molar-refractivity contribution >= 4 is 23.3 Å². The van der Waals surface area contributed by atoms with Gasteiger partial charge in [-0.3, -0.25) is 4.79 Å². The molecule has 6 nitrogen and oxygen atoms in total. The lowest BCUT2D eigenvalue weighted by molar-refractivity contribution is -0.112. The summed E-state index contributed by atoms with van der Waals surface area (Å²) in [6.45, 7) is 0. The van der Waals surface area contributed by atoms with Crippen LogP contribution in [0.5, 0.6) is 0 Å². The number of hydrogen-bond acceptors (Lipinski definition) is 5. The lowest BCUT2D eigenvalue weighted by atomic mass is 10.1. The Morgan fingerprint density at radius 1 is 1.07 bits per heavy atom. The first-order chi connectivity index (χ1) is 12.9. The number of rotatable bonds is 5. The summed E-state index contributed by atoms with van der Waals surface area (Å²) < 4.78 is 44.3. The van der Waals surface area contributed by atoms with Crippen LogP contribution in [0.4, 0.5) is 24.5 Å². The van der Waals surface area contributed by atoms with Crippen LogP contribution in [0.1, 0.15) is 10.4 Å². The number of benzene rings is 2. The molecule has 0 saturated carbocycles. The monoisotopic (exact) mass is 375 g/mol. The maximum absolute atomic E-state index is 13.6. The van der Waals surface area contributed by atoms with Crippen LogP contribution in [0.3, 0.4) is 0 Å². The number of nitrogens with one attached hydrogen (secondary N) is 2. The molecule has 0 aliphatic rings. The van der Waals surface area contributed by atoms with Gasteiger partial charge in [-0.1, -0.05) is 12.1 Å². The molecule has 0 spiro atoms. The topological polar surface area (TPSA) is 91.2 Å². The van der Waals surface area contributed by atoms with E-state index in [1.54, 1.807) is 18.2 Å². The SMILES string of the molecule is COC(=O)c1ccccc1NC(=O)/C(C#N)=C\Nc1ccc(F)c(F)c1F. The van der Waals surface area contributed by atoms with Crippen molar-refractivity contribution in [3.05, 3.63) is 71.2 Å². The molecule has 0 aliphatic carbocycles. The highest BCUT2D eigenvalue weighted by Gasteiger charge is 2.17. The van der Waals surface area contributed by atoms with E-state index in [1.807, 2.05) is 0 Å². The minimum absolute atomic E-state index is 0.0604. The number of hydrogen-bond donors (Lipinski definition) is 2. The summed E-state index contributed by atoms with van der Waals surface area (Å²) in [7, 11) is 1.17. The second-order valence-electron chi connectivity index (χ2n) is 5.03. The molecular formula is C18H12F3N3O3. The third kappa shape index (κ3) is 4.43. The number of ether oxygens (including phenoxy) is 1. The summed E-state index contributed by atoms with van der Waals surface area (Å²) in [5, 5.41) is 13.7. The molecule has 2 aromatic carbocycles. The average Bonchev–Trinajstić information content (AvgIpc) is 2.68. The fourth-order valence-corrected chi connectivity index (χ4v) is 2.01. The van der Waals surface area contributed by atoms with Gasteiger partial charge in [-0.2, -0.15) is 5.26 Å². The van der Waals surface area contributed by atoms with E-state index < -0.39 is 40.6 Å². The maximum Gasteiger partial charge on any atom is 0.339 e. The van der Waals surface area contributed by atoms with Crippen molar-refractivity contribution < 1.29 is 27.5 Å². The van der Waals surface area contributed by atoms with Crippen LogP contribution in [0.25, 0.3) is 0 Å². The molecule has 0 fully saturated rings. The van der Waals surface area contributed by atoms with Crippen molar-refractivity contribution in [3.8, 4) is 6.07 Å². The fraction of sp³-hybridized carbons (Fsp3) is 0.0556. The second-order valence-corrected chi connectivity index (χ2v) is 5.03. The van der Waals surface area contributed by atoms with Crippen molar-refractivity contribution in [1.82, 2.24) is 0 Å². The first-order valence-electron chi connectivity index (χ1n) is 7.38. The highest BCUT2D eigenvalue weighted by molar-refractivity contribution is 6.09. The number of para-hydroxylation sites is 1. The number of esters is 1. The Balaban J connectivity index is 2.23. The standard InChI is InChI=1S/C18H12F3N3O3/c1-27-18(26)11-4-2-3-5-13(11)24-17(25)10(8-22)9-23-14-7-6-12(19)15(20)16(14)21/h2-7,9,23H,1H3,(H,24,25)/b10-9-. The number of nitriles is 1. The lowest BCUT2D eigenvalue weighted by Crippen LogP contribution is -2.17. The van der Waals surface area contributed by atoms with Crippen molar-refractivity contribution in [2.75, 3.05) is 17.7 Å². The van der Waals surface area contributed by atoms with Gasteiger partial charge >= 0.3 is 5.97 Å². The summed E-state index contributed by atoms with van der Waals surface area (Å²) in [5.74, 6) is -6.18. The van der Waals surface area contributed by atoms with E-state index in [4.69, 9.17) is 5.26 Å². The molecule has 0 unspecified atom stereocenters. The normalized spacial score (nSPS) is 10.7. The van der Waals surface area contributed by atoms with Gasteiger partial charge in [0.15, 0.2) is 17.5 Å². The van der Waals surface area contributed by atoms with E-state index in [1.165, 1.54) is 19.2 Å². The molecule has 0 saturated heterocycles. The minimum atomic E-state index is -1.69. The van der Waals surface area contributed by atoms with E-state index >= 15 is 0 Å². The van der Waals surface area contributed by atoms with Gasteiger partial charge in [0.05, 0.1) is 24.0 Å². The highest BCUT2D eigenvalue weighted by atomic mass is 19.2. The first kappa shape index (κ1) is 19.5. The molecule has 0 atom stereocenters. The Hall–Kier alpha value is -3.80.